The maximum Gasteiger partial charge on any atom is 0.343 e. The lowest BCUT2D eigenvalue weighted by atomic mass is 10.1. The molecule has 1 N–H and O–H groups in total. The lowest BCUT2D eigenvalue weighted by Crippen LogP contribution is -2.25. The van der Waals surface area contributed by atoms with Crippen LogP contribution in [0, 0.1) is 0 Å². The van der Waals surface area contributed by atoms with Crippen molar-refractivity contribution in [2.24, 2.45) is 0 Å². The van der Waals surface area contributed by atoms with E-state index in [0.29, 0.717) is 35.2 Å². The van der Waals surface area contributed by atoms with Crippen molar-refractivity contribution in [1.29, 1.82) is 0 Å². The number of hydrogen-bond donors (Lipinski definition) is 1. The van der Waals surface area contributed by atoms with Crippen LogP contribution >= 0.6 is 0 Å². The summed E-state index contributed by atoms with van der Waals surface area (Å²) < 4.78 is 44.0. The summed E-state index contributed by atoms with van der Waals surface area (Å²) in [6.45, 7) is 0. The summed E-state index contributed by atoms with van der Waals surface area (Å²) >= 11 is 0. The van der Waals surface area contributed by atoms with Crippen LogP contribution in [0.2, 0.25) is 0 Å². The zero-order valence-corrected chi connectivity index (χ0v) is 14.6. The molecule has 0 heterocycles. The molecule has 0 aliphatic heterocycles. The second kappa shape index (κ2) is 8.33. The number of carbonyl (C=O) groups is 1. The number of hydrogen-bond acceptors (Lipinski definition) is 5. The van der Waals surface area contributed by atoms with Gasteiger partial charge in [0, 0.05) is 17.3 Å². The Labute approximate surface area is 150 Å². The topological polar surface area (TPSA) is 56.8 Å². The lowest BCUT2D eigenvalue weighted by molar-refractivity contribution is 0.0888. The van der Waals surface area contributed by atoms with Gasteiger partial charge in [-0.05, 0) is 29.8 Å². The van der Waals surface area contributed by atoms with E-state index in [0.717, 1.165) is 0 Å². The van der Waals surface area contributed by atoms with Crippen LogP contribution in [0.25, 0.3) is 6.08 Å². The minimum Gasteiger partial charge on any atom is -0.493 e. The summed E-state index contributed by atoms with van der Waals surface area (Å²) in [5.74, 6) is 1.08. The molecule has 2 aromatic rings. The van der Waals surface area contributed by atoms with E-state index in [1.54, 1.807) is 24.3 Å². The fraction of sp³-hybridized carbons (Fsp3) is 0.211. The normalized spacial score (nSPS) is 11.3. The first-order valence-corrected chi connectivity index (χ1v) is 7.63. The minimum absolute atomic E-state index is 0.0436. The molecule has 138 valence electrons. The number of nitrogens with one attached hydrogen (secondary N) is 1. The monoisotopic (exact) mass is 363 g/mol. The van der Waals surface area contributed by atoms with Crippen molar-refractivity contribution < 1.29 is 27.8 Å². The summed E-state index contributed by atoms with van der Waals surface area (Å²) in [6.07, 6.45) is 2.43. The maximum absolute atomic E-state index is 14.2. The van der Waals surface area contributed by atoms with E-state index in [4.69, 9.17) is 14.2 Å². The Kier molecular flexibility index (Phi) is 6.16. The molecule has 0 radical (unpaired) electrons. The van der Waals surface area contributed by atoms with Crippen molar-refractivity contribution in [2.75, 3.05) is 26.6 Å². The van der Waals surface area contributed by atoms with Crippen molar-refractivity contribution in [1.82, 2.24) is 0 Å². The molecule has 7 heteroatoms. The summed E-state index contributed by atoms with van der Waals surface area (Å²) in [7, 11) is 4.34. The zero-order chi connectivity index (χ0) is 19.2. The van der Waals surface area contributed by atoms with Gasteiger partial charge < -0.3 is 19.5 Å². The highest BCUT2D eigenvalue weighted by Gasteiger charge is 2.25. The third-order valence-electron chi connectivity index (χ3n) is 3.56. The number of methoxy groups -OCH3 is 3. The van der Waals surface area contributed by atoms with Gasteiger partial charge >= 0.3 is 6.05 Å². The van der Waals surface area contributed by atoms with Gasteiger partial charge in [-0.2, -0.15) is 8.78 Å². The second-order valence-electron chi connectivity index (χ2n) is 5.25. The first kappa shape index (κ1) is 19.2. The Hall–Kier alpha value is -3.09. The van der Waals surface area contributed by atoms with Gasteiger partial charge in [0.1, 0.15) is 0 Å². The highest BCUT2D eigenvalue weighted by atomic mass is 19.3. The third-order valence-corrected chi connectivity index (χ3v) is 3.56. The first-order valence-electron chi connectivity index (χ1n) is 7.63. The molecule has 0 saturated carbocycles. The van der Waals surface area contributed by atoms with Crippen molar-refractivity contribution in [2.45, 2.75) is 6.05 Å². The van der Waals surface area contributed by atoms with Crippen LogP contribution in [0.15, 0.2) is 42.5 Å². The van der Waals surface area contributed by atoms with E-state index in [1.807, 2.05) is 5.32 Å². The van der Waals surface area contributed by atoms with Crippen LogP contribution < -0.4 is 19.5 Å². The van der Waals surface area contributed by atoms with Gasteiger partial charge in [0.2, 0.25) is 5.75 Å². The number of aldehydes is 1. The number of carbonyl (C=O) groups excluding carboxylic acids is 1. The number of benzene rings is 2. The number of anilines is 1. The van der Waals surface area contributed by atoms with Gasteiger partial charge in [-0.3, -0.25) is 4.79 Å². The Morgan fingerprint density at radius 3 is 2.15 bits per heavy atom. The first-order chi connectivity index (χ1) is 12.4. The predicted molar refractivity (Wildman–Crippen MR) is 95.5 cm³/mol. The van der Waals surface area contributed by atoms with Crippen LogP contribution in [0.1, 0.15) is 15.9 Å². The molecule has 2 aromatic carbocycles. The average Bonchev–Trinajstić information content (AvgIpc) is 2.65. The largest absolute Gasteiger partial charge is 0.493 e. The number of alkyl halides is 2. The number of ether oxygens (including phenoxy) is 3. The smallest absolute Gasteiger partial charge is 0.343 e. The number of rotatable bonds is 8. The maximum atomic E-state index is 14.2. The van der Waals surface area contributed by atoms with E-state index >= 15 is 0 Å². The zero-order valence-electron chi connectivity index (χ0n) is 14.6. The highest BCUT2D eigenvalue weighted by molar-refractivity contribution is 5.84. The second-order valence-corrected chi connectivity index (χ2v) is 5.25. The van der Waals surface area contributed by atoms with E-state index in [1.165, 1.54) is 39.5 Å². The van der Waals surface area contributed by atoms with Gasteiger partial charge in [0.05, 0.1) is 21.3 Å². The van der Waals surface area contributed by atoms with Crippen molar-refractivity contribution in [3.63, 3.8) is 0 Å². The molecule has 0 amide bonds. The van der Waals surface area contributed by atoms with Gasteiger partial charge in [0.25, 0.3) is 0 Å². The van der Waals surface area contributed by atoms with Gasteiger partial charge in [-0.25, -0.2) is 0 Å². The molecule has 0 aromatic heterocycles. The molecule has 0 unspecified atom stereocenters. The summed E-state index contributed by atoms with van der Waals surface area (Å²) in [5.41, 5.74) is 0.625. The predicted octanol–water partition coefficient (Wildman–Crippen LogP) is 4.24. The van der Waals surface area contributed by atoms with E-state index in [2.05, 4.69) is 0 Å². The summed E-state index contributed by atoms with van der Waals surface area (Å²) in [5, 5.41) is 2.05. The van der Waals surface area contributed by atoms with Crippen molar-refractivity contribution >= 4 is 18.0 Å². The van der Waals surface area contributed by atoms with Crippen LogP contribution in [-0.4, -0.2) is 33.7 Å². The molecule has 0 bridgehead atoms. The average molecular weight is 363 g/mol. The number of halogens is 2. The van der Waals surface area contributed by atoms with Crippen LogP contribution in [0.3, 0.4) is 0 Å². The minimum atomic E-state index is -3.38. The molecule has 0 fully saturated rings. The molecule has 0 spiro atoms. The molecule has 5 nitrogen and oxygen atoms in total. The van der Waals surface area contributed by atoms with Gasteiger partial charge in [-0.15, -0.1) is 0 Å². The Morgan fingerprint density at radius 1 is 1.00 bits per heavy atom. The van der Waals surface area contributed by atoms with E-state index in [-0.39, 0.29) is 11.3 Å². The SMILES string of the molecule is COc1cc(/C=C/C(F)(F)Nc2ccccc2C=O)cc(OC)c1OC. The third kappa shape index (κ3) is 4.50. The Morgan fingerprint density at radius 2 is 1.62 bits per heavy atom. The molecule has 0 aliphatic carbocycles. The molecule has 26 heavy (non-hydrogen) atoms. The fourth-order valence-corrected chi connectivity index (χ4v) is 2.33. The molecule has 0 saturated heterocycles. The fourth-order valence-electron chi connectivity index (χ4n) is 2.33. The van der Waals surface area contributed by atoms with Gasteiger partial charge in [0.15, 0.2) is 17.8 Å². The number of para-hydroxylation sites is 1. The molecule has 2 rings (SSSR count). The Balaban J connectivity index is 2.28. The summed E-state index contributed by atoms with van der Waals surface area (Å²) in [6, 6.07) is 5.74. The van der Waals surface area contributed by atoms with Crippen molar-refractivity contribution in [3.8, 4) is 17.2 Å². The molecule has 0 aliphatic rings. The van der Waals surface area contributed by atoms with E-state index < -0.39 is 6.05 Å². The molecular formula is C19H19F2NO4. The quantitative estimate of drug-likeness (QED) is 0.561. The highest BCUT2D eigenvalue weighted by Crippen LogP contribution is 2.38. The summed E-state index contributed by atoms with van der Waals surface area (Å²) in [4.78, 5) is 11.0. The molecular weight excluding hydrogens is 344 g/mol. The van der Waals surface area contributed by atoms with Crippen molar-refractivity contribution in [3.05, 3.63) is 53.6 Å². The standard InChI is InChI=1S/C19H19F2NO4/c1-24-16-10-13(11-17(25-2)18(16)26-3)8-9-19(20,21)22-15-7-5-4-6-14(15)12-23/h4-12,22H,1-3H3/b9-8+. The lowest BCUT2D eigenvalue weighted by Gasteiger charge is -2.17. The van der Waals surface area contributed by atoms with Gasteiger partial charge in [-0.1, -0.05) is 18.2 Å². The Bertz CT molecular complexity index is 781. The molecule has 0 atom stereocenters. The van der Waals surface area contributed by atoms with Crippen LogP contribution in [0.5, 0.6) is 17.2 Å². The van der Waals surface area contributed by atoms with E-state index in [9.17, 15) is 13.6 Å². The van der Waals surface area contributed by atoms with Crippen LogP contribution in [-0.2, 0) is 0 Å². The van der Waals surface area contributed by atoms with Crippen LogP contribution in [0.4, 0.5) is 14.5 Å².